The molecule has 5 heteroatoms. The largest absolute Gasteiger partial charge is 0.367 e. The smallest absolute Gasteiger partial charge is 0.283 e. The van der Waals surface area contributed by atoms with Crippen molar-refractivity contribution in [3.05, 3.63) is 68.2 Å². The van der Waals surface area contributed by atoms with Crippen molar-refractivity contribution < 1.29 is 4.92 Å². The second-order valence-electron chi connectivity index (χ2n) is 4.86. The molecule has 0 saturated heterocycles. The molecule has 0 saturated carbocycles. The van der Waals surface area contributed by atoms with Crippen LogP contribution in [0, 0.1) is 17.0 Å². The van der Waals surface area contributed by atoms with Gasteiger partial charge in [0.1, 0.15) is 4.47 Å². The molecule has 0 radical (unpaired) electrons. The van der Waals surface area contributed by atoms with Crippen LogP contribution in [0.5, 0.6) is 0 Å². The number of anilines is 1. The van der Waals surface area contributed by atoms with Crippen LogP contribution in [0.25, 0.3) is 0 Å². The molecule has 0 aromatic heterocycles. The molecule has 0 bridgehead atoms. The van der Waals surface area contributed by atoms with E-state index >= 15 is 0 Å². The molecule has 0 spiro atoms. The number of halogens is 1. The summed E-state index contributed by atoms with van der Waals surface area (Å²) in [5.41, 5.74) is 3.33. The van der Waals surface area contributed by atoms with Crippen molar-refractivity contribution in [2.24, 2.45) is 0 Å². The van der Waals surface area contributed by atoms with Gasteiger partial charge in [-0.2, -0.15) is 0 Å². The number of hydrogen-bond acceptors (Lipinski definition) is 3. The first kappa shape index (κ1) is 15.5. The lowest BCUT2D eigenvalue weighted by Crippen LogP contribution is -2.22. The number of nitro groups is 1. The Morgan fingerprint density at radius 3 is 2.57 bits per heavy atom. The summed E-state index contributed by atoms with van der Waals surface area (Å²) in [6.07, 6.45) is 0. The van der Waals surface area contributed by atoms with E-state index in [-0.39, 0.29) is 10.6 Å². The summed E-state index contributed by atoms with van der Waals surface area (Å²) < 4.78 is 0.557. The van der Waals surface area contributed by atoms with Crippen LogP contribution >= 0.6 is 15.9 Å². The van der Waals surface area contributed by atoms with E-state index in [1.165, 1.54) is 11.6 Å². The molecule has 0 aliphatic heterocycles. The highest BCUT2D eigenvalue weighted by molar-refractivity contribution is 9.10. The minimum atomic E-state index is -0.365. The van der Waals surface area contributed by atoms with E-state index in [2.05, 4.69) is 52.9 Å². The summed E-state index contributed by atoms with van der Waals surface area (Å²) in [5, 5.41) is 11.0. The van der Waals surface area contributed by atoms with Crippen molar-refractivity contribution in [1.82, 2.24) is 0 Å². The summed E-state index contributed by atoms with van der Waals surface area (Å²) in [4.78, 5) is 12.8. The fraction of sp³-hybridized carbons (Fsp3) is 0.250. The van der Waals surface area contributed by atoms with Gasteiger partial charge in [0.25, 0.3) is 5.69 Å². The fourth-order valence-corrected chi connectivity index (χ4v) is 2.78. The van der Waals surface area contributed by atoms with Crippen molar-refractivity contribution >= 4 is 27.3 Å². The SMILES string of the molecule is CCN(Cc1cccc([N+](=O)[O-])c1Br)c1cccc(C)c1. The number of nitro benzene ring substituents is 1. The Morgan fingerprint density at radius 2 is 1.95 bits per heavy atom. The van der Waals surface area contributed by atoms with Gasteiger partial charge in [-0.3, -0.25) is 10.1 Å². The number of nitrogens with zero attached hydrogens (tertiary/aromatic N) is 2. The molecule has 0 unspecified atom stereocenters. The van der Waals surface area contributed by atoms with Crippen molar-refractivity contribution in [2.45, 2.75) is 20.4 Å². The van der Waals surface area contributed by atoms with Crippen LogP contribution in [-0.4, -0.2) is 11.5 Å². The van der Waals surface area contributed by atoms with Gasteiger partial charge >= 0.3 is 0 Å². The lowest BCUT2D eigenvalue weighted by Gasteiger charge is -2.24. The maximum Gasteiger partial charge on any atom is 0.283 e. The first-order valence-electron chi connectivity index (χ1n) is 6.76. The quantitative estimate of drug-likeness (QED) is 0.581. The molecular formula is C16H17BrN2O2. The maximum atomic E-state index is 11.0. The van der Waals surface area contributed by atoms with Gasteiger partial charge in [-0.15, -0.1) is 0 Å². The molecule has 0 aliphatic rings. The van der Waals surface area contributed by atoms with E-state index in [9.17, 15) is 10.1 Å². The zero-order valence-corrected chi connectivity index (χ0v) is 13.6. The Labute approximate surface area is 132 Å². The van der Waals surface area contributed by atoms with Gasteiger partial charge < -0.3 is 4.90 Å². The third-order valence-electron chi connectivity index (χ3n) is 3.36. The van der Waals surface area contributed by atoms with Crippen LogP contribution in [0.1, 0.15) is 18.1 Å². The van der Waals surface area contributed by atoms with Gasteiger partial charge in [-0.25, -0.2) is 0 Å². The monoisotopic (exact) mass is 348 g/mol. The zero-order valence-electron chi connectivity index (χ0n) is 12.0. The van der Waals surface area contributed by atoms with Crippen molar-refractivity contribution in [3.63, 3.8) is 0 Å². The van der Waals surface area contributed by atoms with Gasteiger partial charge in [0.05, 0.1) is 4.92 Å². The van der Waals surface area contributed by atoms with Crippen LogP contribution in [-0.2, 0) is 6.54 Å². The predicted octanol–water partition coefficient (Wildman–Crippen LogP) is 4.69. The number of rotatable bonds is 5. The summed E-state index contributed by atoms with van der Waals surface area (Å²) >= 11 is 3.36. The Morgan fingerprint density at radius 1 is 1.24 bits per heavy atom. The van der Waals surface area contributed by atoms with Crippen LogP contribution in [0.3, 0.4) is 0 Å². The molecular weight excluding hydrogens is 332 g/mol. The van der Waals surface area contributed by atoms with Gasteiger partial charge in [-0.05, 0) is 53.0 Å². The average molecular weight is 349 g/mol. The van der Waals surface area contributed by atoms with E-state index in [4.69, 9.17) is 0 Å². The van der Waals surface area contributed by atoms with E-state index in [1.54, 1.807) is 6.07 Å². The Balaban J connectivity index is 2.31. The summed E-state index contributed by atoms with van der Waals surface area (Å²) in [6.45, 7) is 5.59. The van der Waals surface area contributed by atoms with Gasteiger partial charge in [-0.1, -0.05) is 24.3 Å². The Bertz CT molecular complexity index is 658. The average Bonchev–Trinajstić information content (AvgIpc) is 2.46. The van der Waals surface area contributed by atoms with Crippen molar-refractivity contribution in [1.29, 1.82) is 0 Å². The van der Waals surface area contributed by atoms with Crippen LogP contribution in [0.15, 0.2) is 46.9 Å². The van der Waals surface area contributed by atoms with Crippen LogP contribution in [0.2, 0.25) is 0 Å². The molecule has 0 N–H and O–H groups in total. The highest BCUT2D eigenvalue weighted by Gasteiger charge is 2.16. The molecule has 2 rings (SSSR count). The normalized spacial score (nSPS) is 10.4. The highest BCUT2D eigenvalue weighted by atomic mass is 79.9. The highest BCUT2D eigenvalue weighted by Crippen LogP contribution is 2.30. The number of hydrogen-bond donors (Lipinski definition) is 0. The van der Waals surface area contributed by atoms with Gasteiger partial charge in [0.15, 0.2) is 0 Å². The second-order valence-corrected chi connectivity index (χ2v) is 5.65. The first-order valence-corrected chi connectivity index (χ1v) is 7.55. The molecule has 2 aromatic rings. The molecule has 2 aromatic carbocycles. The lowest BCUT2D eigenvalue weighted by molar-refractivity contribution is -0.385. The summed E-state index contributed by atoms with van der Waals surface area (Å²) in [6, 6.07) is 13.4. The Kier molecular flexibility index (Phi) is 4.96. The van der Waals surface area contributed by atoms with E-state index in [0.717, 1.165) is 17.8 Å². The maximum absolute atomic E-state index is 11.0. The third kappa shape index (κ3) is 3.61. The van der Waals surface area contributed by atoms with E-state index in [1.807, 2.05) is 12.1 Å². The lowest BCUT2D eigenvalue weighted by atomic mass is 10.1. The molecule has 0 aliphatic carbocycles. The van der Waals surface area contributed by atoms with E-state index in [0.29, 0.717) is 11.0 Å². The molecule has 0 fully saturated rings. The zero-order chi connectivity index (χ0) is 15.4. The minimum absolute atomic E-state index is 0.104. The molecule has 0 heterocycles. The Hall–Kier alpha value is -1.88. The van der Waals surface area contributed by atoms with Crippen LogP contribution in [0.4, 0.5) is 11.4 Å². The number of aryl methyl sites for hydroxylation is 1. The molecule has 0 atom stereocenters. The molecule has 110 valence electrons. The number of benzene rings is 2. The molecule has 21 heavy (non-hydrogen) atoms. The topological polar surface area (TPSA) is 46.4 Å². The fourth-order valence-electron chi connectivity index (χ4n) is 2.25. The van der Waals surface area contributed by atoms with Crippen molar-refractivity contribution in [3.8, 4) is 0 Å². The molecule has 4 nitrogen and oxygen atoms in total. The van der Waals surface area contributed by atoms with Crippen LogP contribution < -0.4 is 4.90 Å². The van der Waals surface area contributed by atoms with E-state index < -0.39 is 0 Å². The molecule has 0 amide bonds. The van der Waals surface area contributed by atoms with Gasteiger partial charge in [0.2, 0.25) is 0 Å². The first-order chi connectivity index (χ1) is 10.0. The predicted molar refractivity (Wildman–Crippen MR) is 88.7 cm³/mol. The van der Waals surface area contributed by atoms with Crippen molar-refractivity contribution in [2.75, 3.05) is 11.4 Å². The standard InChI is InChI=1S/C16H17BrN2O2/c1-3-18(14-8-4-6-12(2)10-14)11-13-7-5-9-15(16(13)17)19(20)21/h4-10H,3,11H2,1-2H3. The van der Waals surface area contributed by atoms with Gasteiger partial charge in [0, 0.05) is 24.8 Å². The third-order valence-corrected chi connectivity index (χ3v) is 4.28. The summed E-state index contributed by atoms with van der Waals surface area (Å²) in [7, 11) is 0. The minimum Gasteiger partial charge on any atom is -0.367 e. The summed E-state index contributed by atoms with van der Waals surface area (Å²) in [5.74, 6) is 0. The second kappa shape index (κ2) is 6.72.